The Labute approximate surface area is 110 Å². The molecule has 0 amide bonds. The van der Waals surface area contributed by atoms with E-state index >= 15 is 0 Å². The molecule has 0 bridgehead atoms. The van der Waals surface area contributed by atoms with Gasteiger partial charge in [0.25, 0.3) is 0 Å². The van der Waals surface area contributed by atoms with E-state index in [4.69, 9.17) is 9.47 Å². The summed E-state index contributed by atoms with van der Waals surface area (Å²) in [7, 11) is 0. The highest BCUT2D eigenvalue weighted by Crippen LogP contribution is 2.33. The van der Waals surface area contributed by atoms with Crippen molar-refractivity contribution in [3.05, 3.63) is 0 Å². The summed E-state index contributed by atoms with van der Waals surface area (Å²) in [6.45, 7) is 6.75. The van der Waals surface area contributed by atoms with Crippen molar-refractivity contribution in [2.45, 2.75) is 71.4 Å². The van der Waals surface area contributed by atoms with Gasteiger partial charge in [-0.3, -0.25) is 0 Å². The maximum absolute atomic E-state index is 10.1. The first kappa shape index (κ1) is 15.9. The molecular formula is C14H28O4. The van der Waals surface area contributed by atoms with Crippen LogP contribution in [-0.2, 0) is 9.47 Å². The molecular weight excluding hydrogens is 232 g/mol. The number of hydrogen-bond donors (Lipinski definition) is 2. The summed E-state index contributed by atoms with van der Waals surface area (Å²) < 4.78 is 11.6. The highest BCUT2D eigenvalue weighted by molar-refractivity contribution is 4.86. The Balaban J connectivity index is 2.62. The fourth-order valence-corrected chi connectivity index (χ4v) is 2.48. The summed E-state index contributed by atoms with van der Waals surface area (Å²) in [5.41, 5.74) is -0.377. The fraction of sp³-hybridized carbons (Fsp3) is 1.00. The van der Waals surface area contributed by atoms with Crippen LogP contribution in [-0.4, -0.2) is 41.9 Å². The van der Waals surface area contributed by atoms with Crippen molar-refractivity contribution < 1.29 is 19.7 Å². The van der Waals surface area contributed by atoms with Gasteiger partial charge in [-0.1, -0.05) is 20.8 Å². The van der Waals surface area contributed by atoms with Crippen molar-refractivity contribution in [2.24, 2.45) is 5.41 Å². The lowest BCUT2D eigenvalue weighted by Crippen LogP contribution is -2.44. The summed E-state index contributed by atoms with van der Waals surface area (Å²) in [5.74, 6) is 0. The van der Waals surface area contributed by atoms with Gasteiger partial charge in [0.2, 0.25) is 0 Å². The second-order valence-corrected chi connectivity index (χ2v) is 5.68. The molecule has 18 heavy (non-hydrogen) atoms. The van der Waals surface area contributed by atoms with E-state index in [0.29, 0.717) is 12.8 Å². The van der Waals surface area contributed by atoms with E-state index in [9.17, 15) is 10.2 Å². The van der Waals surface area contributed by atoms with Crippen LogP contribution in [0.1, 0.15) is 52.9 Å². The van der Waals surface area contributed by atoms with Crippen molar-refractivity contribution in [1.82, 2.24) is 0 Å². The minimum Gasteiger partial charge on any atom is -0.396 e. The third kappa shape index (κ3) is 4.19. The molecule has 1 aliphatic rings. The van der Waals surface area contributed by atoms with Gasteiger partial charge in [-0.25, -0.2) is 0 Å². The predicted octanol–water partition coefficient (Wildman–Crippen LogP) is 2.08. The lowest BCUT2D eigenvalue weighted by molar-refractivity contribution is -0.222. The van der Waals surface area contributed by atoms with Crippen LogP contribution < -0.4 is 0 Å². The summed E-state index contributed by atoms with van der Waals surface area (Å²) in [6, 6.07) is 0. The van der Waals surface area contributed by atoms with Gasteiger partial charge < -0.3 is 19.7 Å². The second-order valence-electron chi connectivity index (χ2n) is 5.68. The Morgan fingerprint density at radius 3 is 2.61 bits per heavy atom. The van der Waals surface area contributed by atoms with Crippen LogP contribution in [0.3, 0.4) is 0 Å². The highest BCUT2D eigenvalue weighted by Gasteiger charge is 2.37. The third-order valence-electron chi connectivity index (χ3n) is 3.92. The minimum absolute atomic E-state index is 0.0667. The third-order valence-corrected chi connectivity index (χ3v) is 3.92. The van der Waals surface area contributed by atoms with Crippen LogP contribution in [0.2, 0.25) is 0 Å². The monoisotopic (exact) mass is 260 g/mol. The van der Waals surface area contributed by atoms with Crippen LogP contribution in [0, 0.1) is 5.41 Å². The molecule has 4 heteroatoms. The van der Waals surface area contributed by atoms with Gasteiger partial charge >= 0.3 is 0 Å². The van der Waals surface area contributed by atoms with Crippen molar-refractivity contribution in [3.63, 3.8) is 0 Å². The van der Waals surface area contributed by atoms with Gasteiger partial charge in [0.05, 0.1) is 12.2 Å². The molecule has 4 nitrogen and oxygen atoms in total. The van der Waals surface area contributed by atoms with E-state index in [-0.39, 0.29) is 24.4 Å². The Morgan fingerprint density at radius 1 is 1.39 bits per heavy atom. The molecule has 1 saturated heterocycles. The second kappa shape index (κ2) is 7.43. The number of rotatable bonds is 7. The van der Waals surface area contributed by atoms with Crippen molar-refractivity contribution in [1.29, 1.82) is 0 Å². The van der Waals surface area contributed by atoms with Gasteiger partial charge in [-0.15, -0.1) is 0 Å². The molecule has 1 heterocycles. The molecule has 0 aromatic carbocycles. The van der Waals surface area contributed by atoms with E-state index in [1.54, 1.807) is 0 Å². The Bertz CT molecular complexity index is 224. The molecule has 0 aromatic rings. The largest absolute Gasteiger partial charge is 0.396 e. The van der Waals surface area contributed by atoms with Gasteiger partial charge in [0.15, 0.2) is 6.29 Å². The summed E-state index contributed by atoms with van der Waals surface area (Å²) in [6.07, 6.45) is 3.53. The summed E-state index contributed by atoms with van der Waals surface area (Å²) >= 11 is 0. The Hall–Kier alpha value is -0.160. The van der Waals surface area contributed by atoms with Gasteiger partial charge in [0.1, 0.15) is 0 Å². The lowest BCUT2D eigenvalue weighted by Gasteiger charge is -2.40. The predicted molar refractivity (Wildman–Crippen MR) is 70.2 cm³/mol. The molecule has 0 aromatic heterocycles. The molecule has 0 saturated carbocycles. The SMILES string of the molecule is CCC(O)C(C)(C)[C@H](CCO)OC1CCCCO1. The number of aliphatic hydroxyl groups excluding tert-OH is 2. The topological polar surface area (TPSA) is 58.9 Å². The quantitative estimate of drug-likeness (QED) is 0.736. The molecule has 1 aliphatic heterocycles. The fourth-order valence-electron chi connectivity index (χ4n) is 2.48. The van der Waals surface area contributed by atoms with Crippen LogP contribution in [0.4, 0.5) is 0 Å². The minimum atomic E-state index is -0.433. The summed E-state index contributed by atoms with van der Waals surface area (Å²) in [5, 5.41) is 19.3. The molecule has 1 fully saturated rings. The Kier molecular flexibility index (Phi) is 6.57. The van der Waals surface area contributed by atoms with Crippen molar-refractivity contribution in [2.75, 3.05) is 13.2 Å². The first-order valence-corrected chi connectivity index (χ1v) is 7.08. The molecule has 0 radical (unpaired) electrons. The van der Waals surface area contributed by atoms with Crippen molar-refractivity contribution >= 4 is 0 Å². The van der Waals surface area contributed by atoms with E-state index in [1.165, 1.54) is 0 Å². The van der Waals surface area contributed by atoms with E-state index in [1.807, 2.05) is 20.8 Å². The number of ether oxygens (including phenoxy) is 2. The zero-order valence-corrected chi connectivity index (χ0v) is 11.9. The number of aliphatic hydroxyl groups is 2. The molecule has 1 rings (SSSR count). The normalized spacial score (nSPS) is 24.8. The molecule has 108 valence electrons. The molecule has 2 N–H and O–H groups in total. The van der Waals surface area contributed by atoms with Gasteiger partial charge in [0, 0.05) is 18.6 Å². The van der Waals surface area contributed by atoms with Gasteiger partial charge in [-0.05, 0) is 32.1 Å². The zero-order chi connectivity index (χ0) is 13.6. The first-order valence-electron chi connectivity index (χ1n) is 7.08. The standard InChI is InChI=1S/C14H28O4/c1-4-11(16)14(2,3)12(8-9-15)18-13-7-5-6-10-17-13/h11-13,15-16H,4-10H2,1-3H3/t11?,12-,13?/m0/s1. The van der Waals surface area contributed by atoms with Crippen LogP contribution in [0.25, 0.3) is 0 Å². The van der Waals surface area contributed by atoms with Crippen LogP contribution >= 0.6 is 0 Å². The van der Waals surface area contributed by atoms with E-state index in [0.717, 1.165) is 25.9 Å². The average Bonchev–Trinajstić information content (AvgIpc) is 2.38. The average molecular weight is 260 g/mol. The summed E-state index contributed by atoms with van der Waals surface area (Å²) in [4.78, 5) is 0. The lowest BCUT2D eigenvalue weighted by atomic mass is 9.78. The molecule has 3 atom stereocenters. The van der Waals surface area contributed by atoms with Gasteiger partial charge in [-0.2, -0.15) is 0 Å². The zero-order valence-electron chi connectivity index (χ0n) is 11.9. The maximum Gasteiger partial charge on any atom is 0.157 e. The first-order chi connectivity index (χ1) is 8.52. The molecule has 2 unspecified atom stereocenters. The van der Waals surface area contributed by atoms with Crippen LogP contribution in [0.5, 0.6) is 0 Å². The number of hydrogen-bond acceptors (Lipinski definition) is 4. The molecule has 0 aliphatic carbocycles. The molecule has 0 spiro atoms. The van der Waals surface area contributed by atoms with E-state index < -0.39 is 6.10 Å². The smallest absolute Gasteiger partial charge is 0.157 e. The highest BCUT2D eigenvalue weighted by atomic mass is 16.7. The Morgan fingerprint density at radius 2 is 2.11 bits per heavy atom. The van der Waals surface area contributed by atoms with Crippen LogP contribution in [0.15, 0.2) is 0 Å². The van der Waals surface area contributed by atoms with E-state index in [2.05, 4.69) is 0 Å². The van der Waals surface area contributed by atoms with Crippen molar-refractivity contribution in [3.8, 4) is 0 Å². The maximum atomic E-state index is 10.1.